The fourth-order valence-electron chi connectivity index (χ4n) is 3.63. The van der Waals surface area contributed by atoms with Crippen LogP contribution in [0.2, 0.25) is 0 Å². The number of methoxy groups -OCH3 is 1. The highest BCUT2D eigenvalue weighted by Gasteiger charge is 2.35. The number of nitrogens with zero attached hydrogens (tertiary/aromatic N) is 2. The van der Waals surface area contributed by atoms with Crippen LogP contribution in [-0.4, -0.2) is 42.1 Å². The highest BCUT2D eigenvalue weighted by Crippen LogP contribution is 2.34. The molecule has 0 unspecified atom stereocenters. The Labute approximate surface area is 185 Å². The van der Waals surface area contributed by atoms with Crippen LogP contribution in [0.15, 0.2) is 78.1 Å². The molecule has 8 heteroatoms. The van der Waals surface area contributed by atoms with Crippen molar-refractivity contribution in [2.24, 2.45) is 0 Å². The van der Waals surface area contributed by atoms with E-state index < -0.39 is 18.0 Å². The molecule has 1 atom stereocenters. The zero-order chi connectivity index (χ0) is 22.5. The van der Waals surface area contributed by atoms with Gasteiger partial charge in [-0.15, -0.1) is 0 Å². The standard InChI is InChI=1S/C24H24N4O4/c1-16-20(23(29)32-14-13-31-2)22(26-24(30)25-16)19-15-28(18-11-7-4-8-12-18)27-21(19)17-9-5-3-6-10-17/h3-12,15,22H,13-14H2,1-2H3,(H2,25,26,30)/t22-/m0/s1. The van der Waals surface area contributed by atoms with E-state index in [0.29, 0.717) is 22.5 Å². The van der Waals surface area contributed by atoms with E-state index in [1.54, 1.807) is 11.6 Å². The summed E-state index contributed by atoms with van der Waals surface area (Å²) in [6.45, 7) is 2.08. The summed E-state index contributed by atoms with van der Waals surface area (Å²) in [4.78, 5) is 25.3. The summed E-state index contributed by atoms with van der Waals surface area (Å²) < 4.78 is 12.1. The third kappa shape index (κ3) is 4.40. The molecule has 0 bridgehead atoms. The lowest BCUT2D eigenvalue weighted by Crippen LogP contribution is -2.45. The van der Waals surface area contributed by atoms with Crippen LogP contribution in [0.1, 0.15) is 18.5 Å². The third-order valence-electron chi connectivity index (χ3n) is 5.13. The number of esters is 1. The number of aromatic nitrogens is 2. The molecule has 2 N–H and O–H groups in total. The predicted molar refractivity (Wildman–Crippen MR) is 119 cm³/mol. The SMILES string of the molecule is COCCOC(=O)C1=C(C)NC(=O)N[C@H]1c1cn(-c2ccccc2)nc1-c1ccccc1. The Morgan fingerprint density at radius 2 is 1.75 bits per heavy atom. The van der Waals surface area contributed by atoms with Crippen molar-refractivity contribution in [3.63, 3.8) is 0 Å². The zero-order valence-electron chi connectivity index (χ0n) is 17.9. The summed E-state index contributed by atoms with van der Waals surface area (Å²) in [6.07, 6.45) is 1.84. The minimum absolute atomic E-state index is 0.113. The molecule has 0 spiro atoms. The predicted octanol–water partition coefficient (Wildman–Crippen LogP) is 3.36. The van der Waals surface area contributed by atoms with E-state index in [1.807, 2.05) is 66.9 Å². The van der Waals surface area contributed by atoms with E-state index in [2.05, 4.69) is 10.6 Å². The number of para-hydroxylation sites is 1. The average Bonchev–Trinajstić information content (AvgIpc) is 3.25. The molecular weight excluding hydrogens is 408 g/mol. The number of nitrogens with one attached hydrogen (secondary N) is 2. The number of allylic oxidation sites excluding steroid dienone is 1. The van der Waals surface area contributed by atoms with Crippen molar-refractivity contribution < 1.29 is 19.1 Å². The van der Waals surface area contributed by atoms with Gasteiger partial charge in [0.2, 0.25) is 0 Å². The molecule has 164 valence electrons. The minimum atomic E-state index is -0.730. The molecule has 0 saturated heterocycles. The lowest BCUT2D eigenvalue weighted by molar-refractivity contribution is -0.140. The molecule has 0 fully saturated rings. The van der Waals surface area contributed by atoms with Crippen LogP contribution in [0, 0.1) is 0 Å². The molecule has 2 amide bonds. The Morgan fingerprint density at radius 1 is 1.06 bits per heavy atom. The van der Waals surface area contributed by atoms with Crippen LogP contribution in [0.3, 0.4) is 0 Å². The van der Waals surface area contributed by atoms with E-state index >= 15 is 0 Å². The highest BCUT2D eigenvalue weighted by molar-refractivity contribution is 5.95. The number of rotatable bonds is 7. The molecule has 0 radical (unpaired) electrons. The summed E-state index contributed by atoms with van der Waals surface area (Å²) in [6, 6.07) is 18.2. The molecular formula is C24H24N4O4. The molecule has 8 nitrogen and oxygen atoms in total. The van der Waals surface area contributed by atoms with Gasteiger partial charge in [-0.3, -0.25) is 0 Å². The van der Waals surface area contributed by atoms with Crippen LogP contribution < -0.4 is 10.6 Å². The van der Waals surface area contributed by atoms with E-state index in [4.69, 9.17) is 14.6 Å². The van der Waals surface area contributed by atoms with E-state index in [0.717, 1.165) is 11.3 Å². The topological polar surface area (TPSA) is 94.5 Å². The van der Waals surface area contributed by atoms with Crippen LogP contribution in [0.25, 0.3) is 16.9 Å². The normalized spacial score (nSPS) is 15.8. The minimum Gasteiger partial charge on any atom is -0.460 e. The summed E-state index contributed by atoms with van der Waals surface area (Å²) in [5.41, 5.74) is 3.85. The molecule has 1 aromatic heterocycles. The molecule has 2 aromatic carbocycles. The van der Waals surface area contributed by atoms with Gasteiger partial charge in [0.05, 0.1) is 29.6 Å². The number of carbonyl (C=O) groups excluding carboxylic acids is 2. The van der Waals surface area contributed by atoms with Gasteiger partial charge < -0.3 is 20.1 Å². The van der Waals surface area contributed by atoms with Gasteiger partial charge in [0.1, 0.15) is 6.61 Å². The third-order valence-corrected chi connectivity index (χ3v) is 5.13. The second-order valence-corrected chi connectivity index (χ2v) is 7.28. The summed E-state index contributed by atoms with van der Waals surface area (Å²) in [5, 5.41) is 10.3. The number of hydrogen-bond donors (Lipinski definition) is 2. The largest absolute Gasteiger partial charge is 0.460 e. The van der Waals surface area contributed by atoms with Crippen molar-refractivity contribution in [1.29, 1.82) is 0 Å². The number of benzene rings is 2. The van der Waals surface area contributed by atoms with Gasteiger partial charge in [0.15, 0.2) is 0 Å². The van der Waals surface area contributed by atoms with Crippen molar-refractivity contribution in [3.8, 4) is 16.9 Å². The van der Waals surface area contributed by atoms with Gasteiger partial charge in [-0.25, -0.2) is 14.3 Å². The Balaban J connectivity index is 1.82. The zero-order valence-corrected chi connectivity index (χ0v) is 17.9. The maximum atomic E-state index is 12.9. The number of urea groups is 1. The maximum absolute atomic E-state index is 12.9. The van der Waals surface area contributed by atoms with Gasteiger partial charge in [-0.05, 0) is 19.1 Å². The Morgan fingerprint density at radius 3 is 2.44 bits per heavy atom. The first-order valence-corrected chi connectivity index (χ1v) is 10.2. The molecule has 2 heterocycles. The first kappa shape index (κ1) is 21.3. The molecule has 1 aliphatic rings. The Bertz CT molecular complexity index is 1140. The number of ether oxygens (including phenoxy) is 2. The molecule has 1 aliphatic heterocycles. The monoisotopic (exact) mass is 432 g/mol. The molecule has 32 heavy (non-hydrogen) atoms. The average molecular weight is 432 g/mol. The fraction of sp³-hybridized carbons (Fsp3) is 0.208. The fourth-order valence-corrected chi connectivity index (χ4v) is 3.63. The van der Waals surface area contributed by atoms with Gasteiger partial charge in [-0.2, -0.15) is 5.10 Å². The molecule has 3 aromatic rings. The van der Waals surface area contributed by atoms with Crippen molar-refractivity contribution in [3.05, 3.63) is 83.7 Å². The van der Waals surface area contributed by atoms with Gasteiger partial charge in [-0.1, -0.05) is 48.5 Å². The molecule has 0 saturated carbocycles. The second-order valence-electron chi connectivity index (χ2n) is 7.28. The quantitative estimate of drug-likeness (QED) is 0.441. The van der Waals surface area contributed by atoms with Crippen LogP contribution in [0.5, 0.6) is 0 Å². The smallest absolute Gasteiger partial charge is 0.338 e. The van der Waals surface area contributed by atoms with E-state index in [-0.39, 0.29) is 13.2 Å². The van der Waals surface area contributed by atoms with E-state index in [1.165, 1.54) is 7.11 Å². The summed E-state index contributed by atoms with van der Waals surface area (Å²) in [5.74, 6) is -0.525. The first-order chi connectivity index (χ1) is 15.6. The highest BCUT2D eigenvalue weighted by atomic mass is 16.6. The van der Waals surface area contributed by atoms with Gasteiger partial charge in [0.25, 0.3) is 0 Å². The number of hydrogen-bond acceptors (Lipinski definition) is 5. The lowest BCUT2D eigenvalue weighted by atomic mass is 9.94. The molecule has 0 aliphatic carbocycles. The number of amides is 2. The van der Waals surface area contributed by atoms with Crippen LogP contribution in [-0.2, 0) is 14.3 Å². The van der Waals surface area contributed by atoms with Crippen molar-refractivity contribution in [2.75, 3.05) is 20.3 Å². The van der Waals surface area contributed by atoms with Crippen molar-refractivity contribution >= 4 is 12.0 Å². The molecule has 4 rings (SSSR count). The van der Waals surface area contributed by atoms with E-state index in [9.17, 15) is 9.59 Å². The second kappa shape index (κ2) is 9.49. The van der Waals surface area contributed by atoms with Gasteiger partial charge in [0, 0.05) is 30.1 Å². The first-order valence-electron chi connectivity index (χ1n) is 10.2. The van der Waals surface area contributed by atoms with Gasteiger partial charge >= 0.3 is 12.0 Å². The number of carbonyl (C=O) groups is 2. The Hall–Kier alpha value is -3.91. The van der Waals surface area contributed by atoms with Crippen LogP contribution in [0.4, 0.5) is 4.79 Å². The van der Waals surface area contributed by atoms with Crippen molar-refractivity contribution in [2.45, 2.75) is 13.0 Å². The maximum Gasteiger partial charge on any atom is 0.338 e. The van der Waals surface area contributed by atoms with Crippen LogP contribution >= 0.6 is 0 Å². The summed E-state index contributed by atoms with van der Waals surface area (Å²) in [7, 11) is 1.54. The Kier molecular flexibility index (Phi) is 6.32. The lowest BCUT2D eigenvalue weighted by Gasteiger charge is -2.27. The summed E-state index contributed by atoms with van der Waals surface area (Å²) >= 11 is 0. The van der Waals surface area contributed by atoms with Crippen molar-refractivity contribution in [1.82, 2.24) is 20.4 Å².